The maximum atomic E-state index is 12.2. The summed E-state index contributed by atoms with van der Waals surface area (Å²) in [6, 6.07) is 7.90. The van der Waals surface area contributed by atoms with E-state index in [1.165, 1.54) is 4.90 Å². The molecule has 0 aliphatic carbocycles. The molecule has 1 rings (SSSR count). The Morgan fingerprint density at radius 3 is 2.32 bits per heavy atom. The van der Waals surface area contributed by atoms with Gasteiger partial charge in [-0.2, -0.15) is 0 Å². The number of carbonyl (C=O) groups is 1. The number of amides is 1. The van der Waals surface area contributed by atoms with Crippen molar-refractivity contribution in [3.63, 3.8) is 0 Å². The molecule has 0 radical (unpaired) electrons. The molecular weight excluding hydrogens is 256 g/mol. The van der Waals surface area contributed by atoms with Crippen molar-refractivity contribution in [1.82, 2.24) is 4.90 Å². The Morgan fingerprint density at radius 1 is 1.32 bits per heavy atom. The second-order valence-corrected chi connectivity index (χ2v) is 5.85. The summed E-state index contributed by atoms with van der Waals surface area (Å²) in [4.78, 5) is 15.3. The number of nitrogens with two attached hydrogens (primary N) is 1. The van der Waals surface area contributed by atoms with Crippen LogP contribution in [0, 0.1) is 5.92 Å². The van der Waals surface area contributed by atoms with E-state index in [9.17, 15) is 4.79 Å². The van der Waals surface area contributed by atoms with Gasteiger partial charge in [0.1, 0.15) is 0 Å². The smallest absolute Gasteiger partial charge is 0.240 e. The predicted octanol–water partition coefficient (Wildman–Crippen LogP) is 2.74. The zero-order chi connectivity index (χ0) is 14.4. The number of nitrogens with zero attached hydrogens (tertiary/aromatic N) is 1. The molecule has 1 aromatic carbocycles. The van der Waals surface area contributed by atoms with E-state index in [0.29, 0.717) is 13.1 Å². The molecule has 4 heteroatoms. The molecule has 0 aliphatic heterocycles. The molecule has 106 valence electrons. The minimum absolute atomic E-state index is 0.0337. The Hall–Kier alpha value is -1.00. The lowest BCUT2D eigenvalue weighted by molar-refractivity contribution is -0.134. The molecule has 1 atom stereocenters. The predicted molar refractivity (Wildman–Crippen MR) is 82.1 cm³/mol. The lowest BCUT2D eigenvalue weighted by atomic mass is 10.0. The normalized spacial score (nSPS) is 12.5. The summed E-state index contributed by atoms with van der Waals surface area (Å²) in [5, 5.41) is 0. The van der Waals surface area contributed by atoms with E-state index in [1.54, 1.807) is 11.8 Å². The van der Waals surface area contributed by atoms with Crippen molar-refractivity contribution < 1.29 is 4.79 Å². The molecule has 0 saturated heterocycles. The lowest BCUT2D eigenvalue weighted by Gasteiger charge is -2.26. The second-order valence-electron chi connectivity index (χ2n) is 4.97. The van der Waals surface area contributed by atoms with Gasteiger partial charge in [-0.15, -0.1) is 11.8 Å². The zero-order valence-corrected chi connectivity index (χ0v) is 13.0. The first-order valence-corrected chi connectivity index (χ1v) is 7.89. The van der Waals surface area contributed by atoms with Gasteiger partial charge in [0.05, 0.1) is 6.04 Å². The number of rotatable bonds is 6. The fourth-order valence-electron chi connectivity index (χ4n) is 1.79. The molecule has 0 aliphatic rings. The van der Waals surface area contributed by atoms with Crippen LogP contribution in [-0.4, -0.2) is 29.6 Å². The van der Waals surface area contributed by atoms with Crippen molar-refractivity contribution in [1.29, 1.82) is 0 Å². The van der Waals surface area contributed by atoms with Crippen LogP contribution in [0.1, 0.15) is 26.3 Å². The molecule has 0 bridgehead atoms. The molecule has 0 saturated carbocycles. The first-order valence-electron chi connectivity index (χ1n) is 6.66. The van der Waals surface area contributed by atoms with Gasteiger partial charge in [-0.05, 0) is 36.8 Å². The van der Waals surface area contributed by atoms with E-state index in [-0.39, 0.29) is 11.8 Å². The maximum absolute atomic E-state index is 12.2. The molecule has 0 aromatic heterocycles. The molecule has 1 amide bonds. The van der Waals surface area contributed by atoms with E-state index in [2.05, 4.69) is 30.5 Å². The fraction of sp³-hybridized carbons (Fsp3) is 0.533. The summed E-state index contributed by atoms with van der Waals surface area (Å²) >= 11 is 1.72. The molecular formula is C15H24N2OS. The molecule has 0 spiro atoms. The number of likely N-dealkylation sites (N-methyl/N-ethyl adjacent to an activating group) is 1. The standard InChI is InChI=1S/C15H24N2OS/c1-5-17(15(18)14(16)11(2)3)10-12-6-8-13(19-4)9-7-12/h6-9,11,14H,5,10,16H2,1-4H3/t14-/m0/s1. The quantitative estimate of drug-likeness (QED) is 0.815. The van der Waals surface area contributed by atoms with Gasteiger partial charge < -0.3 is 10.6 Å². The van der Waals surface area contributed by atoms with Gasteiger partial charge in [0.2, 0.25) is 5.91 Å². The van der Waals surface area contributed by atoms with Crippen molar-refractivity contribution in [2.75, 3.05) is 12.8 Å². The van der Waals surface area contributed by atoms with Crippen molar-refractivity contribution in [2.45, 2.75) is 38.3 Å². The summed E-state index contributed by atoms with van der Waals surface area (Å²) in [6.07, 6.45) is 2.05. The van der Waals surface area contributed by atoms with Crippen LogP contribution in [0.3, 0.4) is 0 Å². The highest BCUT2D eigenvalue weighted by molar-refractivity contribution is 7.98. The Labute approximate surface area is 120 Å². The first-order chi connectivity index (χ1) is 8.99. The summed E-state index contributed by atoms with van der Waals surface area (Å²) < 4.78 is 0. The lowest BCUT2D eigenvalue weighted by Crippen LogP contribution is -2.46. The highest BCUT2D eigenvalue weighted by atomic mass is 32.2. The summed E-state index contributed by atoms with van der Waals surface area (Å²) in [6.45, 7) is 7.25. The van der Waals surface area contributed by atoms with Crippen LogP contribution in [0.4, 0.5) is 0 Å². The van der Waals surface area contributed by atoms with Crippen molar-refractivity contribution in [2.24, 2.45) is 11.7 Å². The number of hydrogen-bond donors (Lipinski definition) is 1. The fourth-order valence-corrected chi connectivity index (χ4v) is 2.20. The Morgan fingerprint density at radius 2 is 1.89 bits per heavy atom. The van der Waals surface area contributed by atoms with Crippen LogP contribution in [0.25, 0.3) is 0 Å². The van der Waals surface area contributed by atoms with Crippen molar-refractivity contribution in [3.05, 3.63) is 29.8 Å². The highest BCUT2D eigenvalue weighted by Crippen LogP contribution is 2.16. The zero-order valence-electron chi connectivity index (χ0n) is 12.2. The van der Waals surface area contributed by atoms with Crippen LogP contribution >= 0.6 is 11.8 Å². The molecule has 19 heavy (non-hydrogen) atoms. The summed E-state index contributed by atoms with van der Waals surface area (Å²) in [5.74, 6) is 0.201. The number of carbonyl (C=O) groups excluding carboxylic acids is 1. The van der Waals surface area contributed by atoms with Gasteiger partial charge in [0.15, 0.2) is 0 Å². The second kappa shape index (κ2) is 7.56. The van der Waals surface area contributed by atoms with E-state index < -0.39 is 6.04 Å². The van der Waals surface area contributed by atoms with Gasteiger partial charge in [-0.25, -0.2) is 0 Å². The largest absolute Gasteiger partial charge is 0.337 e. The highest BCUT2D eigenvalue weighted by Gasteiger charge is 2.22. The summed E-state index contributed by atoms with van der Waals surface area (Å²) in [5.41, 5.74) is 7.08. The van der Waals surface area contributed by atoms with Gasteiger partial charge in [0.25, 0.3) is 0 Å². The van der Waals surface area contributed by atoms with E-state index in [1.807, 2.05) is 25.7 Å². The van der Waals surface area contributed by atoms with Gasteiger partial charge in [0, 0.05) is 18.0 Å². The third kappa shape index (κ3) is 4.55. The van der Waals surface area contributed by atoms with Gasteiger partial charge >= 0.3 is 0 Å². The number of benzene rings is 1. The molecule has 2 N–H and O–H groups in total. The monoisotopic (exact) mass is 280 g/mol. The SMILES string of the molecule is CCN(Cc1ccc(SC)cc1)C(=O)[C@@H](N)C(C)C. The van der Waals surface area contributed by atoms with Crippen LogP contribution in [-0.2, 0) is 11.3 Å². The Kier molecular flexibility index (Phi) is 6.38. The number of hydrogen-bond acceptors (Lipinski definition) is 3. The maximum Gasteiger partial charge on any atom is 0.240 e. The van der Waals surface area contributed by atoms with Crippen LogP contribution in [0.2, 0.25) is 0 Å². The van der Waals surface area contributed by atoms with Crippen LogP contribution in [0.5, 0.6) is 0 Å². The van der Waals surface area contributed by atoms with E-state index >= 15 is 0 Å². The third-order valence-corrected chi connectivity index (χ3v) is 3.97. The van der Waals surface area contributed by atoms with Gasteiger partial charge in [-0.3, -0.25) is 4.79 Å². The van der Waals surface area contributed by atoms with Crippen molar-refractivity contribution in [3.8, 4) is 0 Å². The summed E-state index contributed by atoms with van der Waals surface area (Å²) in [7, 11) is 0. The minimum atomic E-state index is -0.412. The van der Waals surface area contributed by atoms with E-state index in [0.717, 1.165) is 5.56 Å². The molecule has 0 fully saturated rings. The average Bonchev–Trinajstić information content (AvgIpc) is 2.43. The molecule has 0 heterocycles. The van der Waals surface area contributed by atoms with E-state index in [4.69, 9.17) is 5.73 Å². The first kappa shape index (κ1) is 16.1. The Bertz CT molecular complexity index is 403. The average molecular weight is 280 g/mol. The van der Waals surface area contributed by atoms with Crippen molar-refractivity contribution >= 4 is 17.7 Å². The van der Waals surface area contributed by atoms with Crippen LogP contribution in [0.15, 0.2) is 29.2 Å². The third-order valence-electron chi connectivity index (χ3n) is 3.23. The minimum Gasteiger partial charge on any atom is -0.337 e. The Balaban J connectivity index is 2.72. The molecule has 3 nitrogen and oxygen atoms in total. The molecule has 0 unspecified atom stereocenters. The topological polar surface area (TPSA) is 46.3 Å². The van der Waals surface area contributed by atoms with Crippen LogP contribution < -0.4 is 5.73 Å². The number of thioether (sulfide) groups is 1. The van der Waals surface area contributed by atoms with Gasteiger partial charge in [-0.1, -0.05) is 26.0 Å². The molecule has 1 aromatic rings.